The van der Waals surface area contributed by atoms with E-state index in [0.29, 0.717) is 31.8 Å². The van der Waals surface area contributed by atoms with Gasteiger partial charge in [-0.25, -0.2) is 0 Å². The fourth-order valence-corrected chi connectivity index (χ4v) is 1.89. The molecular weight excluding hydrogens is 242 g/mol. The van der Waals surface area contributed by atoms with Gasteiger partial charge in [0.05, 0.1) is 0 Å². The standard InChI is InChI=1S/C14H27N3O2/c1-11(2)5-8-15-12(18)14(6-7-14)13(19)16-9-10-17(3)4/h11H,5-10H2,1-4H3,(H,15,18)(H,16,19). The highest BCUT2D eigenvalue weighted by molar-refractivity contribution is 6.07. The van der Waals surface area contributed by atoms with Gasteiger partial charge in [0.2, 0.25) is 11.8 Å². The third kappa shape index (κ3) is 4.82. The summed E-state index contributed by atoms with van der Waals surface area (Å²) in [4.78, 5) is 26.1. The molecule has 0 spiro atoms. The maximum Gasteiger partial charge on any atom is 0.235 e. The van der Waals surface area contributed by atoms with Gasteiger partial charge in [-0.15, -0.1) is 0 Å². The smallest absolute Gasteiger partial charge is 0.235 e. The van der Waals surface area contributed by atoms with Crippen molar-refractivity contribution in [2.75, 3.05) is 33.7 Å². The van der Waals surface area contributed by atoms with Gasteiger partial charge in [0.1, 0.15) is 5.41 Å². The molecule has 2 N–H and O–H groups in total. The summed E-state index contributed by atoms with van der Waals surface area (Å²) in [5.74, 6) is 0.344. The van der Waals surface area contributed by atoms with Gasteiger partial charge in [0, 0.05) is 19.6 Å². The summed E-state index contributed by atoms with van der Waals surface area (Å²) in [7, 11) is 3.91. The van der Waals surface area contributed by atoms with Crippen molar-refractivity contribution >= 4 is 11.8 Å². The number of nitrogens with one attached hydrogen (secondary N) is 2. The van der Waals surface area contributed by atoms with Crippen LogP contribution in [0.15, 0.2) is 0 Å². The summed E-state index contributed by atoms with van der Waals surface area (Å²) in [6, 6.07) is 0. The number of hydrogen-bond donors (Lipinski definition) is 2. The molecule has 0 aromatic carbocycles. The van der Waals surface area contributed by atoms with Gasteiger partial charge < -0.3 is 15.5 Å². The minimum absolute atomic E-state index is 0.101. The predicted octanol–water partition coefficient (Wildman–Crippen LogP) is 0.607. The molecule has 0 unspecified atom stereocenters. The Morgan fingerprint density at radius 2 is 1.63 bits per heavy atom. The topological polar surface area (TPSA) is 61.4 Å². The van der Waals surface area contributed by atoms with Crippen LogP contribution < -0.4 is 10.6 Å². The van der Waals surface area contributed by atoms with Crippen LogP contribution in [0.2, 0.25) is 0 Å². The van der Waals surface area contributed by atoms with E-state index in [0.717, 1.165) is 13.0 Å². The molecule has 110 valence electrons. The lowest BCUT2D eigenvalue weighted by Crippen LogP contribution is -2.44. The first-order chi connectivity index (χ1) is 8.88. The van der Waals surface area contributed by atoms with Gasteiger partial charge in [0.15, 0.2) is 0 Å². The molecule has 0 radical (unpaired) electrons. The molecule has 0 aromatic rings. The van der Waals surface area contributed by atoms with E-state index in [4.69, 9.17) is 0 Å². The number of hydrogen-bond acceptors (Lipinski definition) is 3. The minimum atomic E-state index is -0.775. The Labute approximate surface area is 116 Å². The molecule has 1 rings (SSSR count). The van der Waals surface area contributed by atoms with E-state index in [9.17, 15) is 9.59 Å². The van der Waals surface area contributed by atoms with Crippen LogP contribution in [0.1, 0.15) is 33.1 Å². The lowest BCUT2D eigenvalue weighted by atomic mass is 10.0. The van der Waals surface area contributed by atoms with E-state index < -0.39 is 5.41 Å². The summed E-state index contributed by atoms with van der Waals surface area (Å²) in [6.07, 6.45) is 2.30. The quantitative estimate of drug-likeness (QED) is 0.635. The van der Waals surface area contributed by atoms with E-state index in [1.165, 1.54) is 0 Å². The molecule has 0 saturated heterocycles. The highest BCUT2D eigenvalue weighted by atomic mass is 16.2. The SMILES string of the molecule is CC(C)CCNC(=O)C1(C(=O)NCCN(C)C)CC1. The largest absolute Gasteiger partial charge is 0.355 e. The number of rotatable bonds is 8. The van der Waals surface area contributed by atoms with Crippen LogP contribution in [-0.2, 0) is 9.59 Å². The number of nitrogens with zero attached hydrogens (tertiary/aromatic N) is 1. The van der Waals surface area contributed by atoms with E-state index in [2.05, 4.69) is 24.5 Å². The fourth-order valence-electron chi connectivity index (χ4n) is 1.89. The van der Waals surface area contributed by atoms with Gasteiger partial charge >= 0.3 is 0 Å². The van der Waals surface area contributed by atoms with Crippen molar-refractivity contribution in [1.29, 1.82) is 0 Å². The zero-order valence-electron chi connectivity index (χ0n) is 12.6. The Hall–Kier alpha value is -1.10. The van der Waals surface area contributed by atoms with Crippen LogP contribution in [0, 0.1) is 11.3 Å². The summed E-state index contributed by atoms with van der Waals surface area (Å²) < 4.78 is 0. The molecule has 1 aliphatic carbocycles. The molecule has 19 heavy (non-hydrogen) atoms. The second-order valence-electron chi connectivity index (χ2n) is 6.08. The molecule has 5 nitrogen and oxygen atoms in total. The van der Waals surface area contributed by atoms with Gasteiger partial charge in [-0.3, -0.25) is 9.59 Å². The van der Waals surface area contributed by atoms with Crippen LogP contribution in [0.25, 0.3) is 0 Å². The van der Waals surface area contributed by atoms with Gasteiger partial charge in [-0.1, -0.05) is 13.8 Å². The van der Waals surface area contributed by atoms with Crippen molar-refractivity contribution in [3.8, 4) is 0 Å². The lowest BCUT2D eigenvalue weighted by Gasteiger charge is -2.17. The highest BCUT2D eigenvalue weighted by Crippen LogP contribution is 2.46. The van der Waals surface area contributed by atoms with Crippen LogP contribution in [-0.4, -0.2) is 50.4 Å². The molecule has 2 amide bonds. The molecule has 0 atom stereocenters. The van der Waals surface area contributed by atoms with Crippen molar-refractivity contribution in [2.24, 2.45) is 11.3 Å². The van der Waals surface area contributed by atoms with Crippen molar-refractivity contribution in [3.05, 3.63) is 0 Å². The average Bonchev–Trinajstić information content (AvgIpc) is 3.08. The second-order valence-corrected chi connectivity index (χ2v) is 6.08. The first-order valence-electron chi connectivity index (χ1n) is 7.10. The lowest BCUT2D eigenvalue weighted by molar-refractivity contribution is -0.137. The van der Waals surface area contributed by atoms with Crippen molar-refractivity contribution < 1.29 is 9.59 Å². The molecular formula is C14H27N3O2. The van der Waals surface area contributed by atoms with Gasteiger partial charge in [-0.05, 0) is 39.3 Å². The molecule has 0 bridgehead atoms. The number of carbonyl (C=O) groups is 2. The maximum atomic E-state index is 12.1. The first-order valence-corrected chi connectivity index (χ1v) is 7.10. The normalized spacial score (nSPS) is 16.5. The van der Waals surface area contributed by atoms with Crippen molar-refractivity contribution in [2.45, 2.75) is 33.1 Å². The molecule has 0 heterocycles. The molecule has 1 aliphatic rings. The Bertz CT molecular complexity index is 295. The monoisotopic (exact) mass is 269 g/mol. The zero-order valence-corrected chi connectivity index (χ0v) is 12.6. The molecule has 1 saturated carbocycles. The minimum Gasteiger partial charge on any atom is -0.355 e. The summed E-state index contributed by atoms with van der Waals surface area (Å²) in [5.41, 5.74) is -0.775. The predicted molar refractivity (Wildman–Crippen MR) is 75.7 cm³/mol. The van der Waals surface area contributed by atoms with Crippen LogP contribution in [0.5, 0.6) is 0 Å². The van der Waals surface area contributed by atoms with Gasteiger partial charge in [-0.2, -0.15) is 0 Å². The zero-order chi connectivity index (χ0) is 14.5. The van der Waals surface area contributed by atoms with Crippen molar-refractivity contribution in [1.82, 2.24) is 15.5 Å². The third-order valence-electron chi connectivity index (χ3n) is 3.47. The van der Waals surface area contributed by atoms with Crippen LogP contribution in [0.3, 0.4) is 0 Å². The average molecular weight is 269 g/mol. The third-order valence-corrected chi connectivity index (χ3v) is 3.47. The number of likely N-dealkylation sites (N-methyl/N-ethyl adjacent to an activating group) is 1. The highest BCUT2D eigenvalue weighted by Gasteiger charge is 2.56. The Morgan fingerprint density at radius 1 is 1.11 bits per heavy atom. The maximum absolute atomic E-state index is 12.1. The Kier molecular flexibility index (Phi) is 5.79. The van der Waals surface area contributed by atoms with Crippen molar-refractivity contribution in [3.63, 3.8) is 0 Å². The van der Waals surface area contributed by atoms with Gasteiger partial charge in [0.25, 0.3) is 0 Å². The summed E-state index contributed by atoms with van der Waals surface area (Å²) in [5, 5.41) is 5.74. The Balaban J connectivity index is 2.34. The van der Waals surface area contributed by atoms with Crippen LogP contribution >= 0.6 is 0 Å². The van der Waals surface area contributed by atoms with E-state index in [1.807, 2.05) is 19.0 Å². The summed E-state index contributed by atoms with van der Waals surface area (Å²) in [6.45, 7) is 6.27. The second kappa shape index (κ2) is 6.89. The number of carbonyl (C=O) groups excluding carboxylic acids is 2. The molecule has 0 aromatic heterocycles. The van der Waals surface area contributed by atoms with Crippen LogP contribution in [0.4, 0.5) is 0 Å². The first kappa shape index (κ1) is 16.0. The molecule has 0 aliphatic heterocycles. The number of amides is 2. The molecule has 1 fully saturated rings. The molecule has 5 heteroatoms. The fraction of sp³-hybridized carbons (Fsp3) is 0.857. The van der Waals surface area contributed by atoms with E-state index in [1.54, 1.807) is 0 Å². The van der Waals surface area contributed by atoms with E-state index in [-0.39, 0.29) is 11.8 Å². The Morgan fingerprint density at radius 3 is 2.05 bits per heavy atom. The summed E-state index contributed by atoms with van der Waals surface area (Å²) >= 11 is 0. The van der Waals surface area contributed by atoms with E-state index >= 15 is 0 Å².